The van der Waals surface area contributed by atoms with Crippen LogP contribution in [0, 0.1) is 16.2 Å². The molecular weight excluding hydrogens is 2000 g/mol. The Balaban J connectivity index is 0.000000155. The van der Waals surface area contributed by atoms with Crippen LogP contribution >= 0.6 is 87.9 Å². The summed E-state index contributed by atoms with van der Waals surface area (Å²) in [5, 5.41) is 11.0. The molecule has 16 rings (SSSR count). The van der Waals surface area contributed by atoms with Gasteiger partial charge >= 0.3 is 31.0 Å². The maximum absolute atomic E-state index is 16.2. The number of thioether (sulfide) groups is 3. The van der Waals surface area contributed by atoms with Crippen molar-refractivity contribution < 1.29 is 124 Å². The molecule has 0 spiro atoms. The molecule has 766 valence electrons. The van der Waals surface area contributed by atoms with Crippen LogP contribution in [-0.2, 0) is 87.8 Å². The summed E-state index contributed by atoms with van der Waals surface area (Å²) in [4.78, 5) is 86.0. The van der Waals surface area contributed by atoms with Crippen LogP contribution in [0.3, 0.4) is 0 Å². The fraction of sp³-hybridized carbons (Fsp3) is 0.705. The van der Waals surface area contributed by atoms with E-state index in [0.717, 1.165) is 35.3 Å². The average Bonchev–Trinajstić information content (AvgIpc) is 1.59. The van der Waals surface area contributed by atoms with Crippen LogP contribution in [0.4, 0.5) is 41.4 Å². The topological polar surface area (TPSA) is 594 Å². The van der Waals surface area contributed by atoms with Crippen molar-refractivity contribution in [1.82, 2.24) is 98.4 Å². The van der Waals surface area contributed by atoms with Gasteiger partial charge in [0.05, 0.1) is 78.7 Å². The predicted octanol–water partition coefficient (Wildman–Crippen LogP) is 11.9. The number of nitrogen functional groups attached to an aromatic ring is 4. The highest BCUT2D eigenvalue weighted by molar-refractivity contribution is 8.77. The lowest BCUT2D eigenvalue weighted by Crippen LogP contribution is -2.46. The number of nitrogens with zero attached hydrogens (tertiary/aromatic N) is 16. The lowest BCUT2D eigenvalue weighted by Gasteiger charge is -2.34. The Labute approximate surface area is 812 Å². The number of nitrogens with one attached hydrogen (secondary N) is 4. The molecule has 8 fully saturated rings. The van der Waals surface area contributed by atoms with Crippen LogP contribution < -0.4 is 62.2 Å². The van der Waals surface area contributed by atoms with E-state index >= 15 is 17.6 Å². The number of methoxy groups -OCH3 is 1. The lowest BCUT2D eigenvalue weighted by atomic mass is 9.98. The van der Waals surface area contributed by atoms with Crippen molar-refractivity contribution in [1.29, 1.82) is 0 Å². The molecule has 0 amide bonds. The third-order valence-corrected chi connectivity index (χ3v) is 35.2. The molecule has 20 atom stereocenters. The summed E-state index contributed by atoms with van der Waals surface area (Å²) in [7, 11) is -10.4. The molecule has 8 aromatic heterocycles. The highest BCUT2D eigenvalue weighted by Crippen LogP contribution is 2.62. The Hall–Kier alpha value is -6.64. The molecular formula is C78H118F4N24O23P4S5. The molecule has 0 saturated carbocycles. The summed E-state index contributed by atoms with van der Waals surface area (Å²) >= 11 is 3.36. The van der Waals surface area contributed by atoms with Crippen LogP contribution in [0.2, 0.25) is 0 Å². The molecule has 8 saturated heterocycles. The minimum Gasteiger partial charge on any atom is -0.479 e. The number of rotatable bonds is 28. The molecule has 60 heteroatoms. The number of fused-ring (bicyclic) bond motifs is 8. The van der Waals surface area contributed by atoms with Crippen molar-refractivity contribution in [2.45, 2.75) is 233 Å². The van der Waals surface area contributed by atoms with Crippen molar-refractivity contribution in [3.05, 3.63) is 25.3 Å². The molecule has 8 aromatic rings. The first-order valence-electron chi connectivity index (χ1n) is 43.8. The van der Waals surface area contributed by atoms with E-state index in [1.54, 1.807) is 42.4 Å². The van der Waals surface area contributed by atoms with E-state index in [4.69, 9.17) is 97.0 Å². The SMILES string of the molecule is CCOc1nc(N)nc2c1ncn2[C@@H]1O[C@@H]2COP(=O)(NCCSC(=O)C(C)(C)C)O[C@H]2[C@@]1(C)F.CCOc1nc(N)nc2c1ncn2[C@@H]1O[C@@H]2CO[P@@](=O)(NCCSC(=O)C(C)(C)C)O[C@H]2[C@@]1(C)F.CCOc1nc(N)nc2c1ncn2[C@@H]1O[C@@H]2CO[P@](=O)(NCCSC(=O)C(C)(C)C)O[C@H]2[C@@]1(C)F.COc1nc(N)nc2c1ncn2[C@@H]1O[C@@H]2COP(=O)(NCCSSC(C)(C)C)O[C@H]2[C@@]1(C)F. The first kappa shape index (κ1) is 109. The van der Waals surface area contributed by atoms with Gasteiger partial charge in [0.25, 0.3) is 0 Å². The molecule has 12 N–H and O–H groups in total. The van der Waals surface area contributed by atoms with Crippen molar-refractivity contribution in [2.24, 2.45) is 16.2 Å². The number of aromatic nitrogens is 16. The highest BCUT2D eigenvalue weighted by Gasteiger charge is 2.66. The van der Waals surface area contributed by atoms with Gasteiger partial charge in [0.2, 0.25) is 47.3 Å². The highest BCUT2D eigenvalue weighted by atomic mass is 33.1. The number of hydrogen-bond donors (Lipinski definition) is 8. The number of halogens is 4. The Morgan fingerprint density at radius 2 is 0.638 bits per heavy atom. The first-order valence-corrected chi connectivity index (χ1v) is 55.3. The number of carbonyl (C=O) groups is 3. The third-order valence-electron chi connectivity index (χ3n) is 21.6. The molecule has 16 heterocycles. The van der Waals surface area contributed by atoms with E-state index in [2.05, 4.69) is 101 Å². The monoisotopic (exact) mass is 2120 g/mol. The summed E-state index contributed by atoms with van der Waals surface area (Å²) in [6.07, 6.45) is -7.22. The van der Waals surface area contributed by atoms with Crippen LogP contribution in [0.5, 0.6) is 23.5 Å². The number of carbonyl (C=O) groups excluding carboxylic acids is 3. The third kappa shape index (κ3) is 24.3. The molecule has 47 nitrogen and oxygen atoms in total. The summed E-state index contributed by atoms with van der Waals surface area (Å²) < 4.78 is 212. The van der Waals surface area contributed by atoms with Crippen LogP contribution in [0.1, 0.15) is 156 Å². The smallest absolute Gasteiger partial charge is 0.406 e. The van der Waals surface area contributed by atoms with Crippen LogP contribution in [-0.4, -0.2) is 272 Å². The van der Waals surface area contributed by atoms with E-state index in [1.807, 2.05) is 62.3 Å². The average molecular weight is 2120 g/mol. The van der Waals surface area contributed by atoms with Crippen molar-refractivity contribution >= 4 is 172 Å². The molecule has 0 radical (unpaired) electrons. The van der Waals surface area contributed by atoms with Gasteiger partial charge in [-0.05, 0) is 48.5 Å². The largest absolute Gasteiger partial charge is 0.479 e. The van der Waals surface area contributed by atoms with Gasteiger partial charge in [0.15, 0.2) is 108 Å². The second kappa shape index (κ2) is 42.6. The second-order valence-electron chi connectivity index (χ2n) is 37.1. The summed E-state index contributed by atoms with van der Waals surface area (Å²) in [6, 6.07) is 0. The van der Waals surface area contributed by atoms with Gasteiger partial charge in [0.1, 0.15) is 48.8 Å². The zero-order chi connectivity index (χ0) is 101. The van der Waals surface area contributed by atoms with Gasteiger partial charge < -0.3 is 60.8 Å². The van der Waals surface area contributed by atoms with Crippen LogP contribution in [0.25, 0.3) is 44.7 Å². The minimum atomic E-state index is -3.83. The fourth-order valence-electron chi connectivity index (χ4n) is 15.0. The number of alkyl halides is 4. The van der Waals surface area contributed by atoms with Gasteiger partial charge in [-0.2, -0.15) is 39.9 Å². The van der Waals surface area contributed by atoms with E-state index in [0.29, 0.717) is 71.4 Å². The predicted molar refractivity (Wildman–Crippen MR) is 509 cm³/mol. The molecule has 0 aliphatic carbocycles. The maximum atomic E-state index is 16.2. The fourth-order valence-corrected chi connectivity index (χ4v) is 26.7. The second-order valence-corrected chi connectivity index (χ2v) is 50.7. The van der Waals surface area contributed by atoms with E-state index < -0.39 is 144 Å². The van der Waals surface area contributed by atoms with E-state index in [-0.39, 0.29) is 136 Å². The van der Waals surface area contributed by atoms with Crippen molar-refractivity contribution in [3.63, 3.8) is 0 Å². The maximum Gasteiger partial charge on any atom is 0.406 e. The zero-order valence-corrected chi connectivity index (χ0v) is 87.2. The lowest BCUT2D eigenvalue weighted by molar-refractivity contribution is -0.118. The summed E-state index contributed by atoms with van der Waals surface area (Å²) in [5.74, 6) is 2.24. The Bertz CT molecular complexity index is 5510. The first-order chi connectivity index (χ1) is 64.5. The molecule has 8 aliphatic heterocycles. The molecule has 8 aliphatic rings. The molecule has 0 aromatic carbocycles. The van der Waals surface area contributed by atoms with Gasteiger partial charge in [0, 0.05) is 70.2 Å². The van der Waals surface area contributed by atoms with E-state index in [9.17, 15) is 32.6 Å². The van der Waals surface area contributed by atoms with Gasteiger partial charge in [-0.25, -0.2) is 76.1 Å². The quantitative estimate of drug-likeness (QED) is 0.00977. The summed E-state index contributed by atoms with van der Waals surface area (Å²) in [6.45, 7) is 34.8. The summed E-state index contributed by atoms with van der Waals surface area (Å²) in [5.41, 5.74) is 15.5. The molecule has 2 unspecified atom stereocenters. The molecule has 138 heavy (non-hydrogen) atoms. The van der Waals surface area contributed by atoms with Crippen molar-refractivity contribution in [2.75, 3.05) is 125 Å². The van der Waals surface area contributed by atoms with Crippen molar-refractivity contribution in [3.8, 4) is 23.5 Å². The Kier molecular flexibility index (Phi) is 33.5. The normalized spacial score (nSPS) is 31.3. The number of hydrogen-bond acceptors (Lipinski definition) is 44. The minimum absolute atomic E-state index is 0.0102. The van der Waals surface area contributed by atoms with Gasteiger partial charge in [-0.15, -0.1) is 0 Å². The van der Waals surface area contributed by atoms with Crippen LogP contribution in [0.15, 0.2) is 25.3 Å². The number of imidazole rings is 4. The Morgan fingerprint density at radius 1 is 0.406 bits per heavy atom. The van der Waals surface area contributed by atoms with Gasteiger partial charge in [-0.1, -0.05) is 140 Å². The van der Waals surface area contributed by atoms with E-state index in [1.165, 1.54) is 78.4 Å². The number of anilines is 4. The number of ether oxygens (including phenoxy) is 8. The Morgan fingerprint density at radius 3 is 0.862 bits per heavy atom. The zero-order valence-electron chi connectivity index (χ0n) is 79.5. The van der Waals surface area contributed by atoms with Gasteiger partial charge in [-0.3, -0.25) is 68.8 Å². The standard InChI is InChI=1S/3C20H30FN6O6PS.C18H28FN6O5PS2/c3*1-6-30-15-12-14(25-18(22)26-15)27(10-23-12)16-20(5,21)13-11(32-16)9-31-34(29,33-13)24-7-8-35-17(28)19(2,3)4;1-17(2,3)33-32-7-6-22-31(26)28-8-10-12(30-31)18(4,19)15(29-10)25-9-21-11-13(25)23-16(20)24-14(11)27-5/h3*10-11,13,16H,6-9H2,1-5H3,(H,24,29)(H2,22,25,26);9-10,12,15H,6-8H2,1-5H3,(H,22,26)(H2,20,23,24)/t11-,13-,16-,20-,34?;11-,13-,16-,20-,34+;11-,13-,16-,20-,34-;10-,12-,15-,18-,31?/m1111/s1. The molecule has 0 bridgehead atoms. The number of nitrogens with two attached hydrogens (primary N) is 4.